The average molecular weight is 301 g/mol. The summed E-state index contributed by atoms with van der Waals surface area (Å²) in [4.78, 5) is 20.7. The van der Waals surface area contributed by atoms with Gasteiger partial charge in [0.15, 0.2) is 0 Å². The van der Waals surface area contributed by atoms with Crippen LogP contribution in [0.25, 0.3) is 0 Å². The monoisotopic (exact) mass is 301 g/mol. The van der Waals surface area contributed by atoms with Crippen molar-refractivity contribution in [3.05, 3.63) is 46.4 Å². The van der Waals surface area contributed by atoms with Crippen molar-refractivity contribution in [2.45, 2.75) is 18.9 Å². The largest absolute Gasteiger partial charge is 0.497 e. The lowest BCUT2D eigenvalue weighted by atomic mass is 10.0. The van der Waals surface area contributed by atoms with Gasteiger partial charge in [0.25, 0.3) is 0 Å². The normalized spacial score (nSPS) is 18.0. The molecule has 1 aliphatic heterocycles. The Morgan fingerprint density at radius 2 is 2.19 bits per heavy atom. The van der Waals surface area contributed by atoms with Crippen LogP contribution in [0, 0.1) is 0 Å². The molecular weight excluding hydrogens is 286 g/mol. The van der Waals surface area contributed by atoms with Gasteiger partial charge in [-0.15, -0.1) is 11.3 Å². The lowest BCUT2D eigenvalue weighted by molar-refractivity contribution is -0.120. The third-order valence-electron chi connectivity index (χ3n) is 3.31. The number of benzene rings is 1. The first-order valence-electron chi connectivity index (χ1n) is 6.62. The van der Waals surface area contributed by atoms with E-state index in [2.05, 4.69) is 15.3 Å². The molecule has 5 nitrogen and oxygen atoms in total. The van der Waals surface area contributed by atoms with Gasteiger partial charge in [0, 0.05) is 11.8 Å². The van der Waals surface area contributed by atoms with Crippen LogP contribution in [-0.2, 0) is 11.2 Å². The summed E-state index contributed by atoms with van der Waals surface area (Å²) in [5.74, 6) is 1.47. The van der Waals surface area contributed by atoms with Gasteiger partial charge in [0.1, 0.15) is 11.6 Å². The Morgan fingerprint density at radius 3 is 2.86 bits per heavy atom. The molecule has 6 heteroatoms. The molecule has 0 saturated heterocycles. The second kappa shape index (κ2) is 6.05. The first kappa shape index (κ1) is 13.8. The standard InChI is InChI=1S/C15H15N3O2S/c1-20-12-4-2-10(3-5-12)13-7-15(19)18-14(17-13)6-11-8-21-9-16-11/h2-5,8-9,13H,6-7H2,1H3,(H,17,18,19). The van der Waals surface area contributed by atoms with Crippen molar-refractivity contribution in [1.82, 2.24) is 10.3 Å². The van der Waals surface area contributed by atoms with Gasteiger partial charge in [-0.05, 0) is 17.7 Å². The Balaban J connectivity index is 1.81. The second-order valence-corrected chi connectivity index (χ2v) is 5.49. The van der Waals surface area contributed by atoms with Gasteiger partial charge in [-0.3, -0.25) is 9.79 Å². The number of carbonyl (C=O) groups excluding carboxylic acids is 1. The molecule has 1 amide bonds. The summed E-state index contributed by atoms with van der Waals surface area (Å²) >= 11 is 1.54. The number of methoxy groups -OCH3 is 1. The Morgan fingerprint density at radius 1 is 1.38 bits per heavy atom. The minimum Gasteiger partial charge on any atom is -0.497 e. The van der Waals surface area contributed by atoms with E-state index in [0.29, 0.717) is 18.7 Å². The van der Waals surface area contributed by atoms with Crippen molar-refractivity contribution in [3.8, 4) is 5.75 Å². The number of amides is 1. The van der Waals surface area contributed by atoms with Crippen LogP contribution < -0.4 is 10.1 Å². The lowest BCUT2D eigenvalue weighted by Crippen LogP contribution is -2.37. The van der Waals surface area contributed by atoms with E-state index in [0.717, 1.165) is 17.0 Å². The van der Waals surface area contributed by atoms with Crippen LogP contribution in [0.1, 0.15) is 23.7 Å². The highest BCUT2D eigenvalue weighted by Crippen LogP contribution is 2.26. The first-order valence-corrected chi connectivity index (χ1v) is 7.56. The fourth-order valence-electron chi connectivity index (χ4n) is 2.26. The number of rotatable bonds is 4. The maximum atomic E-state index is 11.9. The molecule has 1 N–H and O–H groups in total. The third kappa shape index (κ3) is 3.28. The van der Waals surface area contributed by atoms with Crippen molar-refractivity contribution < 1.29 is 9.53 Å². The number of nitrogens with one attached hydrogen (secondary N) is 1. The van der Waals surface area contributed by atoms with Crippen LogP contribution in [0.4, 0.5) is 0 Å². The molecule has 2 aromatic rings. The van der Waals surface area contributed by atoms with E-state index in [-0.39, 0.29) is 11.9 Å². The molecule has 1 aliphatic rings. The first-order chi connectivity index (χ1) is 10.2. The van der Waals surface area contributed by atoms with E-state index < -0.39 is 0 Å². The second-order valence-electron chi connectivity index (χ2n) is 4.77. The Labute approximate surface area is 126 Å². The Kier molecular flexibility index (Phi) is 3.96. The number of ether oxygens (including phenoxy) is 1. The van der Waals surface area contributed by atoms with Crippen molar-refractivity contribution in [3.63, 3.8) is 0 Å². The summed E-state index contributed by atoms with van der Waals surface area (Å²) in [5.41, 5.74) is 3.72. The van der Waals surface area contributed by atoms with E-state index in [4.69, 9.17) is 4.74 Å². The molecule has 0 radical (unpaired) electrons. The summed E-state index contributed by atoms with van der Waals surface area (Å²) in [6, 6.07) is 7.53. The highest BCUT2D eigenvalue weighted by atomic mass is 32.1. The molecule has 3 rings (SSSR count). The number of thiazole rings is 1. The zero-order valence-corrected chi connectivity index (χ0v) is 12.4. The summed E-state index contributed by atoms with van der Waals surface area (Å²) in [6.45, 7) is 0. The maximum absolute atomic E-state index is 11.9. The Bertz CT molecular complexity index is 650. The average Bonchev–Trinajstić information content (AvgIpc) is 2.99. The summed E-state index contributed by atoms with van der Waals surface area (Å²) < 4.78 is 5.15. The van der Waals surface area contributed by atoms with Crippen LogP contribution in [-0.4, -0.2) is 23.8 Å². The smallest absolute Gasteiger partial charge is 0.227 e. The molecule has 1 aromatic heterocycles. The van der Waals surface area contributed by atoms with Gasteiger partial charge in [-0.1, -0.05) is 12.1 Å². The molecule has 0 spiro atoms. The van der Waals surface area contributed by atoms with Crippen LogP contribution in [0.2, 0.25) is 0 Å². The highest BCUT2D eigenvalue weighted by molar-refractivity contribution is 7.07. The minimum absolute atomic E-state index is 0.00366. The quantitative estimate of drug-likeness (QED) is 0.943. The molecule has 1 unspecified atom stereocenters. The zero-order valence-electron chi connectivity index (χ0n) is 11.6. The van der Waals surface area contributed by atoms with Gasteiger partial charge in [0.05, 0.1) is 30.8 Å². The molecule has 0 bridgehead atoms. The van der Waals surface area contributed by atoms with Crippen molar-refractivity contribution in [1.29, 1.82) is 0 Å². The van der Waals surface area contributed by atoms with E-state index in [1.54, 1.807) is 12.6 Å². The molecule has 108 valence electrons. The Hall–Kier alpha value is -2.21. The summed E-state index contributed by atoms with van der Waals surface area (Å²) in [5, 5.41) is 4.79. The predicted octanol–water partition coefficient (Wildman–Crippen LogP) is 2.35. The fourth-order valence-corrected chi connectivity index (χ4v) is 2.82. The van der Waals surface area contributed by atoms with E-state index in [9.17, 15) is 4.79 Å². The number of hydrogen-bond acceptors (Lipinski definition) is 5. The number of hydrogen-bond donors (Lipinski definition) is 1. The number of amidine groups is 1. The molecule has 1 atom stereocenters. The molecule has 0 saturated carbocycles. The zero-order chi connectivity index (χ0) is 14.7. The van der Waals surface area contributed by atoms with Crippen molar-refractivity contribution in [2.24, 2.45) is 4.99 Å². The van der Waals surface area contributed by atoms with E-state index in [1.165, 1.54) is 11.3 Å². The van der Waals surface area contributed by atoms with Crippen molar-refractivity contribution >= 4 is 23.1 Å². The molecule has 2 heterocycles. The SMILES string of the molecule is COc1ccc(C2CC(=O)NC(Cc3cscn3)=N2)cc1. The van der Waals surface area contributed by atoms with Crippen LogP contribution in [0.3, 0.4) is 0 Å². The van der Waals surface area contributed by atoms with Gasteiger partial charge in [-0.2, -0.15) is 0 Å². The maximum Gasteiger partial charge on any atom is 0.227 e. The van der Waals surface area contributed by atoms with Gasteiger partial charge in [0.2, 0.25) is 5.91 Å². The van der Waals surface area contributed by atoms with Gasteiger partial charge >= 0.3 is 0 Å². The van der Waals surface area contributed by atoms with E-state index >= 15 is 0 Å². The number of aliphatic imine (C=N–C) groups is 1. The van der Waals surface area contributed by atoms with Crippen LogP contribution >= 0.6 is 11.3 Å². The highest BCUT2D eigenvalue weighted by Gasteiger charge is 2.22. The number of nitrogens with zero attached hydrogens (tertiary/aromatic N) is 2. The van der Waals surface area contributed by atoms with Crippen molar-refractivity contribution in [2.75, 3.05) is 7.11 Å². The minimum atomic E-state index is -0.140. The fraction of sp³-hybridized carbons (Fsp3) is 0.267. The predicted molar refractivity (Wildman–Crippen MR) is 81.7 cm³/mol. The summed E-state index contributed by atoms with van der Waals surface area (Å²) in [6.07, 6.45) is 0.925. The number of carbonyl (C=O) groups is 1. The summed E-state index contributed by atoms with van der Waals surface area (Å²) in [7, 11) is 1.63. The molecule has 1 aromatic carbocycles. The molecular formula is C15H15N3O2S. The molecule has 0 aliphatic carbocycles. The van der Waals surface area contributed by atoms with Gasteiger partial charge < -0.3 is 10.1 Å². The number of aromatic nitrogens is 1. The topological polar surface area (TPSA) is 63.6 Å². The molecule has 0 fully saturated rings. The lowest BCUT2D eigenvalue weighted by Gasteiger charge is -2.21. The third-order valence-corrected chi connectivity index (χ3v) is 3.94. The molecule has 21 heavy (non-hydrogen) atoms. The van der Waals surface area contributed by atoms with Gasteiger partial charge in [-0.25, -0.2) is 4.98 Å². The van der Waals surface area contributed by atoms with Crippen LogP contribution in [0.5, 0.6) is 5.75 Å². The van der Waals surface area contributed by atoms with E-state index in [1.807, 2.05) is 29.6 Å². The van der Waals surface area contributed by atoms with Crippen LogP contribution in [0.15, 0.2) is 40.1 Å².